The number of nitrogens with zero attached hydrogens (tertiary/aromatic N) is 1. The van der Waals surface area contributed by atoms with Crippen LogP contribution in [0.1, 0.15) is 15.9 Å². The van der Waals surface area contributed by atoms with Gasteiger partial charge in [-0.2, -0.15) is 0 Å². The van der Waals surface area contributed by atoms with Crippen LogP contribution in [0.3, 0.4) is 0 Å². The molecule has 0 aromatic heterocycles. The molecule has 1 aromatic carbocycles. The van der Waals surface area contributed by atoms with Gasteiger partial charge in [0.15, 0.2) is 0 Å². The molecule has 100 valence electrons. The van der Waals surface area contributed by atoms with Crippen molar-refractivity contribution < 1.29 is 14.6 Å². The van der Waals surface area contributed by atoms with Crippen LogP contribution in [0.5, 0.6) is 0 Å². The first-order valence-electron chi connectivity index (χ1n) is 5.92. The average Bonchev–Trinajstić information content (AvgIpc) is 2.42. The maximum absolute atomic E-state index is 12.1. The van der Waals surface area contributed by atoms with E-state index in [9.17, 15) is 4.79 Å². The van der Waals surface area contributed by atoms with Crippen molar-refractivity contribution >= 4 is 5.91 Å². The molecule has 0 heterocycles. The largest absolute Gasteiger partial charge is 0.394 e. The first-order valence-corrected chi connectivity index (χ1v) is 5.92. The SMILES string of the molecule is CN(CCOCCO)C(=O)c1cccc(CN)c1. The highest BCUT2D eigenvalue weighted by molar-refractivity contribution is 5.94. The smallest absolute Gasteiger partial charge is 0.253 e. The summed E-state index contributed by atoms with van der Waals surface area (Å²) in [5, 5.41) is 8.56. The Kier molecular flexibility index (Phi) is 6.35. The normalized spacial score (nSPS) is 10.4. The maximum Gasteiger partial charge on any atom is 0.253 e. The highest BCUT2D eigenvalue weighted by atomic mass is 16.5. The molecule has 0 saturated carbocycles. The summed E-state index contributed by atoms with van der Waals surface area (Å²) >= 11 is 0. The summed E-state index contributed by atoms with van der Waals surface area (Å²) in [4.78, 5) is 13.6. The minimum atomic E-state index is -0.0575. The van der Waals surface area contributed by atoms with Crippen LogP contribution in [0, 0.1) is 0 Å². The molecule has 18 heavy (non-hydrogen) atoms. The van der Waals surface area contributed by atoms with Crippen LogP contribution in [0.25, 0.3) is 0 Å². The molecule has 0 saturated heterocycles. The van der Waals surface area contributed by atoms with Gasteiger partial charge in [0.05, 0.1) is 19.8 Å². The summed E-state index contributed by atoms with van der Waals surface area (Å²) in [6, 6.07) is 7.28. The molecule has 0 bridgehead atoms. The Morgan fingerprint density at radius 2 is 2.22 bits per heavy atom. The zero-order valence-electron chi connectivity index (χ0n) is 10.6. The lowest BCUT2D eigenvalue weighted by molar-refractivity contribution is 0.0618. The molecule has 1 rings (SSSR count). The van der Waals surface area contributed by atoms with E-state index in [4.69, 9.17) is 15.6 Å². The van der Waals surface area contributed by atoms with E-state index in [2.05, 4.69) is 0 Å². The van der Waals surface area contributed by atoms with E-state index in [1.54, 1.807) is 24.1 Å². The molecule has 0 aliphatic rings. The fourth-order valence-corrected chi connectivity index (χ4v) is 1.52. The lowest BCUT2D eigenvalue weighted by atomic mass is 10.1. The van der Waals surface area contributed by atoms with Crippen LogP contribution in [0.15, 0.2) is 24.3 Å². The monoisotopic (exact) mass is 252 g/mol. The molecule has 5 nitrogen and oxygen atoms in total. The summed E-state index contributed by atoms with van der Waals surface area (Å²) in [7, 11) is 1.72. The molecule has 0 spiro atoms. The van der Waals surface area contributed by atoms with Gasteiger partial charge in [-0.3, -0.25) is 4.79 Å². The number of aliphatic hydroxyl groups is 1. The van der Waals surface area contributed by atoms with Gasteiger partial charge in [0.25, 0.3) is 5.91 Å². The van der Waals surface area contributed by atoms with Crippen LogP contribution < -0.4 is 5.73 Å². The highest BCUT2D eigenvalue weighted by Crippen LogP contribution is 2.07. The number of hydrogen-bond donors (Lipinski definition) is 2. The van der Waals surface area contributed by atoms with Gasteiger partial charge in [-0.15, -0.1) is 0 Å². The fourth-order valence-electron chi connectivity index (χ4n) is 1.52. The van der Waals surface area contributed by atoms with Gasteiger partial charge in [-0.25, -0.2) is 0 Å². The molecule has 0 atom stereocenters. The number of benzene rings is 1. The summed E-state index contributed by atoms with van der Waals surface area (Å²) in [5.41, 5.74) is 7.10. The van der Waals surface area contributed by atoms with Crippen LogP contribution >= 0.6 is 0 Å². The minimum Gasteiger partial charge on any atom is -0.394 e. The predicted octanol–water partition coefficient (Wildman–Crippen LogP) is 0.226. The standard InChI is InChI=1S/C13H20N2O3/c1-15(5-7-18-8-6-16)13(17)12-4-2-3-11(9-12)10-14/h2-4,9,16H,5-8,10,14H2,1H3. The number of ether oxygens (including phenoxy) is 1. The van der Waals surface area contributed by atoms with Gasteiger partial charge < -0.3 is 20.5 Å². The molecular formula is C13H20N2O3. The second-order valence-corrected chi connectivity index (χ2v) is 3.97. The van der Waals surface area contributed by atoms with Gasteiger partial charge in [0.1, 0.15) is 0 Å². The Bertz CT molecular complexity index is 382. The van der Waals surface area contributed by atoms with E-state index in [1.165, 1.54) is 0 Å². The van der Waals surface area contributed by atoms with E-state index in [0.717, 1.165) is 5.56 Å². The van der Waals surface area contributed by atoms with Crippen molar-refractivity contribution in [3.63, 3.8) is 0 Å². The Hall–Kier alpha value is -1.43. The number of rotatable bonds is 7. The van der Waals surface area contributed by atoms with Crippen molar-refractivity contribution in [2.75, 3.05) is 33.4 Å². The van der Waals surface area contributed by atoms with E-state index < -0.39 is 0 Å². The van der Waals surface area contributed by atoms with Crippen molar-refractivity contribution in [1.29, 1.82) is 0 Å². The quantitative estimate of drug-likeness (QED) is 0.681. The minimum absolute atomic E-state index is 0.00376. The number of hydrogen-bond acceptors (Lipinski definition) is 4. The fraction of sp³-hybridized carbons (Fsp3) is 0.462. The third kappa shape index (κ3) is 4.44. The van der Waals surface area contributed by atoms with Crippen molar-refractivity contribution in [1.82, 2.24) is 4.90 Å². The summed E-state index contributed by atoms with van der Waals surface area (Å²) < 4.78 is 5.12. The first kappa shape index (κ1) is 14.6. The third-order valence-electron chi connectivity index (χ3n) is 2.56. The van der Waals surface area contributed by atoms with Gasteiger partial charge in [0, 0.05) is 25.7 Å². The Morgan fingerprint density at radius 3 is 2.89 bits per heavy atom. The number of carbonyl (C=O) groups is 1. The number of carbonyl (C=O) groups excluding carboxylic acids is 1. The summed E-state index contributed by atoms with van der Waals surface area (Å²) in [5.74, 6) is -0.0575. The first-order chi connectivity index (χ1) is 8.69. The molecule has 0 unspecified atom stereocenters. The Balaban J connectivity index is 2.51. The van der Waals surface area contributed by atoms with Crippen molar-refractivity contribution in [2.45, 2.75) is 6.54 Å². The van der Waals surface area contributed by atoms with Crippen LogP contribution in [0.4, 0.5) is 0 Å². The van der Waals surface area contributed by atoms with Crippen LogP contribution in [0.2, 0.25) is 0 Å². The Morgan fingerprint density at radius 1 is 1.44 bits per heavy atom. The molecule has 1 amide bonds. The molecular weight excluding hydrogens is 232 g/mol. The average molecular weight is 252 g/mol. The van der Waals surface area contributed by atoms with Crippen molar-refractivity contribution in [3.05, 3.63) is 35.4 Å². The van der Waals surface area contributed by atoms with E-state index >= 15 is 0 Å². The number of aliphatic hydroxyl groups excluding tert-OH is 1. The van der Waals surface area contributed by atoms with Gasteiger partial charge in [-0.1, -0.05) is 12.1 Å². The second-order valence-electron chi connectivity index (χ2n) is 3.97. The third-order valence-corrected chi connectivity index (χ3v) is 2.56. The van der Waals surface area contributed by atoms with E-state index in [0.29, 0.717) is 31.9 Å². The molecule has 0 fully saturated rings. The zero-order chi connectivity index (χ0) is 13.4. The Labute approximate surface area is 107 Å². The predicted molar refractivity (Wildman–Crippen MR) is 69.2 cm³/mol. The highest BCUT2D eigenvalue weighted by Gasteiger charge is 2.11. The maximum atomic E-state index is 12.1. The molecule has 0 aliphatic heterocycles. The molecule has 0 aliphatic carbocycles. The molecule has 0 radical (unpaired) electrons. The topological polar surface area (TPSA) is 75.8 Å². The van der Waals surface area contributed by atoms with Gasteiger partial charge in [-0.05, 0) is 17.7 Å². The van der Waals surface area contributed by atoms with Crippen LogP contribution in [-0.4, -0.2) is 49.3 Å². The lowest BCUT2D eigenvalue weighted by Crippen LogP contribution is -2.30. The van der Waals surface area contributed by atoms with Crippen LogP contribution in [-0.2, 0) is 11.3 Å². The van der Waals surface area contributed by atoms with Gasteiger partial charge >= 0.3 is 0 Å². The number of nitrogens with two attached hydrogens (primary N) is 1. The molecule has 5 heteroatoms. The van der Waals surface area contributed by atoms with E-state index in [-0.39, 0.29) is 12.5 Å². The summed E-state index contributed by atoms with van der Waals surface area (Å²) in [6.07, 6.45) is 0. The number of amides is 1. The molecule has 1 aromatic rings. The zero-order valence-corrected chi connectivity index (χ0v) is 10.6. The summed E-state index contributed by atoms with van der Waals surface area (Å²) in [6.45, 7) is 1.62. The number of likely N-dealkylation sites (N-methyl/N-ethyl adjacent to an activating group) is 1. The van der Waals surface area contributed by atoms with Gasteiger partial charge in [0.2, 0.25) is 0 Å². The van der Waals surface area contributed by atoms with Crippen molar-refractivity contribution in [3.8, 4) is 0 Å². The molecule has 3 N–H and O–H groups in total. The van der Waals surface area contributed by atoms with Crippen molar-refractivity contribution in [2.24, 2.45) is 5.73 Å². The lowest BCUT2D eigenvalue weighted by Gasteiger charge is -2.17. The second kappa shape index (κ2) is 7.81. The van der Waals surface area contributed by atoms with E-state index in [1.807, 2.05) is 12.1 Å².